The number of aliphatic carboxylic acids is 1. The number of thiol groups is 1. The Bertz CT molecular complexity index is 1030. The Morgan fingerprint density at radius 2 is 1.48 bits per heavy atom. The van der Waals surface area contributed by atoms with Gasteiger partial charge in [0.2, 0.25) is 0 Å². The summed E-state index contributed by atoms with van der Waals surface area (Å²) in [6, 6.07) is 5.96. The van der Waals surface area contributed by atoms with Crippen LogP contribution in [0.25, 0.3) is 0 Å². The third kappa shape index (κ3) is 16.5. The average molecular weight is 723 g/mol. The number of ether oxygens (including phenoxy) is 3. The normalized spacial score (nSPS) is 10.1. The largest absolute Gasteiger partial charge is 0.481 e. The minimum atomic E-state index is -1.34. The van der Waals surface area contributed by atoms with Gasteiger partial charge in [-0.2, -0.15) is 0 Å². The molecule has 15 heteroatoms. The Morgan fingerprint density at radius 3 is 2.02 bits per heavy atom. The quantitative estimate of drug-likeness (QED) is 0.0523. The molecule has 0 aliphatic carbocycles. The van der Waals surface area contributed by atoms with Crippen LogP contribution in [0, 0.1) is 24.4 Å². The lowest BCUT2D eigenvalue weighted by Gasteiger charge is -2.14. The van der Waals surface area contributed by atoms with E-state index in [4.69, 9.17) is 24.2 Å². The fourth-order valence-corrected chi connectivity index (χ4v) is 2.69. The molecule has 226 valence electrons. The van der Waals surface area contributed by atoms with Gasteiger partial charge in [0, 0.05) is 21.2 Å². The first-order valence-electron chi connectivity index (χ1n) is 12.0. The van der Waals surface area contributed by atoms with Crippen molar-refractivity contribution in [3.8, 4) is 0 Å². The van der Waals surface area contributed by atoms with E-state index in [1.807, 2.05) is 13.8 Å². The first kappa shape index (κ1) is 38.2. The number of halogens is 4. The van der Waals surface area contributed by atoms with E-state index in [0.29, 0.717) is 5.56 Å². The van der Waals surface area contributed by atoms with Crippen LogP contribution >= 0.6 is 40.8 Å². The van der Waals surface area contributed by atoms with Crippen LogP contribution < -0.4 is 10.8 Å². The highest BCUT2D eigenvalue weighted by molar-refractivity contribution is 14.2. The number of amides is 1. The highest BCUT2D eigenvalue weighted by Gasteiger charge is 2.20. The van der Waals surface area contributed by atoms with Crippen LogP contribution in [-0.2, 0) is 23.8 Å². The van der Waals surface area contributed by atoms with Crippen LogP contribution in [0.5, 0.6) is 0 Å². The second kappa shape index (κ2) is 23.9. The lowest BCUT2D eigenvalue weighted by atomic mass is 10.1. The topological polar surface area (TPSA) is 115 Å². The molecule has 0 atom stereocenters. The Labute approximate surface area is 253 Å². The highest BCUT2D eigenvalue weighted by atomic mass is 127. The predicted octanol–water partition coefficient (Wildman–Crippen LogP) is 6.28. The molecule has 0 fully saturated rings. The molecule has 0 bridgehead atoms. The van der Waals surface area contributed by atoms with Crippen molar-refractivity contribution in [2.75, 3.05) is 51.6 Å². The minimum Gasteiger partial charge on any atom is -0.481 e. The van der Waals surface area contributed by atoms with Gasteiger partial charge >= 0.3 is 5.97 Å². The Balaban J connectivity index is 0.00000284. The van der Waals surface area contributed by atoms with E-state index in [-0.39, 0.29) is 63.9 Å². The maximum atomic E-state index is 14.4. The molecule has 3 N–H and O–H groups in total. The minimum absolute atomic E-state index is 0.0386. The molecule has 2 rings (SSSR count). The number of hydroxylamine groups is 1. The van der Waals surface area contributed by atoms with E-state index in [0.717, 1.165) is 12.1 Å². The monoisotopic (exact) mass is 722 g/mol. The van der Waals surface area contributed by atoms with Crippen molar-refractivity contribution in [2.24, 2.45) is 0 Å². The van der Waals surface area contributed by atoms with E-state index in [2.05, 4.69) is 43.7 Å². The zero-order valence-electron chi connectivity index (χ0n) is 22.3. The van der Waals surface area contributed by atoms with Crippen molar-refractivity contribution in [2.45, 2.75) is 27.2 Å². The predicted molar refractivity (Wildman–Crippen MR) is 161 cm³/mol. The Hall–Kier alpha value is -1.76. The second-order valence-electron chi connectivity index (χ2n) is 7.22. The van der Waals surface area contributed by atoms with Crippen molar-refractivity contribution in [3.05, 3.63) is 58.9 Å². The lowest BCUT2D eigenvalue weighted by Crippen LogP contribution is -2.27. The second-order valence-corrected chi connectivity index (χ2v) is 11.3. The smallest absolute Gasteiger partial charge is 0.305 e. The van der Waals surface area contributed by atoms with Gasteiger partial charge in [-0.1, -0.05) is 19.9 Å². The molecule has 9 nitrogen and oxygen atoms in total. The number of nitrogens with one attached hydrogen (secondary N) is 2. The summed E-state index contributed by atoms with van der Waals surface area (Å²) in [4.78, 5) is 27.7. The molecule has 2 aromatic carbocycles. The lowest BCUT2D eigenvalue weighted by molar-refractivity contribution is -0.138. The van der Waals surface area contributed by atoms with Crippen LogP contribution in [-0.4, -0.2) is 63.2 Å². The van der Waals surface area contributed by atoms with Gasteiger partial charge in [-0.3, -0.25) is 14.4 Å². The number of carboxylic acid groups (broad SMARTS) is 1. The van der Waals surface area contributed by atoms with E-state index >= 15 is 0 Å². The summed E-state index contributed by atoms with van der Waals surface area (Å²) in [5.74, 6) is -5.04. The fourth-order valence-electron chi connectivity index (χ4n) is 2.69. The summed E-state index contributed by atoms with van der Waals surface area (Å²) in [5.41, 5.74) is 1.79. The van der Waals surface area contributed by atoms with Gasteiger partial charge in [-0.15, -0.1) is 11.7 Å². The van der Waals surface area contributed by atoms with Gasteiger partial charge in [0.25, 0.3) is 5.91 Å². The number of carbonyl (C=O) groups is 2. The molecule has 0 saturated heterocycles. The molecule has 0 heterocycles. The molecule has 0 unspecified atom stereocenters. The number of rotatable bonds is 16. The van der Waals surface area contributed by atoms with E-state index in [9.17, 15) is 22.8 Å². The highest BCUT2D eigenvalue weighted by Crippen LogP contribution is 2.28. The summed E-state index contributed by atoms with van der Waals surface area (Å²) in [7, 11) is 1.41. The van der Waals surface area contributed by atoms with Gasteiger partial charge in [-0.25, -0.2) is 18.7 Å². The first-order chi connectivity index (χ1) is 19.2. The summed E-state index contributed by atoms with van der Waals surface area (Å²) in [6.07, 6.45) is -0.0706. The van der Waals surface area contributed by atoms with E-state index in [1.165, 1.54) is 20.1 Å². The fraction of sp³-hybridized carbons (Fsp3) is 0.440. The number of benzene rings is 2. The van der Waals surface area contributed by atoms with Crippen molar-refractivity contribution in [1.82, 2.24) is 5.48 Å². The zero-order chi connectivity index (χ0) is 30.3. The molecule has 40 heavy (non-hydrogen) atoms. The molecule has 0 aliphatic heterocycles. The molecular formula is C25H34F3IN2O7S2. The maximum Gasteiger partial charge on any atom is 0.305 e. The summed E-state index contributed by atoms with van der Waals surface area (Å²) >= 11 is 5.76. The number of hydrogen-bond donors (Lipinski definition) is 4. The van der Waals surface area contributed by atoms with Crippen molar-refractivity contribution >= 4 is 64.1 Å². The van der Waals surface area contributed by atoms with E-state index in [1.54, 1.807) is 13.0 Å². The summed E-state index contributed by atoms with van der Waals surface area (Å²) in [6.45, 7) is 6.92. The number of aryl methyl sites for hydroxylation is 1. The SMILES string of the molecule is CC.Cc1ccc(Nc2c(C(=O)NOCCOCCOCCOCCC(=O)O)ccc(F)c2F)c(F)c1.SSI. The third-order valence-electron chi connectivity index (χ3n) is 4.42. The third-order valence-corrected chi connectivity index (χ3v) is 4.42. The number of carbonyl (C=O) groups excluding carboxylic acids is 1. The molecule has 1 amide bonds. The van der Waals surface area contributed by atoms with Crippen LogP contribution in [0.15, 0.2) is 30.3 Å². The van der Waals surface area contributed by atoms with E-state index < -0.39 is 35.0 Å². The molecule has 0 aliphatic rings. The standard InChI is InChI=1S/C23H27F3N2O7.C2H6.HIS2/c1-15-2-5-19(18(25)14-15)27-22-16(3-4-17(24)21(22)26)23(31)28-35-13-12-34-11-10-33-9-8-32-7-6-20(29)30;1-2;1-3-2/h2-5,14,27H,6-13H2,1H3,(H,28,31)(H,29,30);1-2H3;2H. The van der Waals surface area contributed by atoms with Crippen molar-refractivity contribution in [3.63, 3.8) is 0 Å². The molecule has 0 radical (unpaired) electrons. The van der Waals surface area contributed by atoms with Crippen LogP contribution in [0.4, 0.5) is 24.5 Å². The van der Waals surface area contributed by atoms with Gasteiger partial charge in [0.1, 0.15) is 5.82 Å². The van der Waals surface area contributed by atoms with Crippen molar-refractivity contribution in [1.29, 1.82) is 0 Å². The average Bonchev–Trinajstić information content (AvgIpc) is 2.92. The van der Waals surface area contributed by atoms with Crippen LogP contribution in [0.1, 0.15) is 36.2 Å². The van der Waals surface area contributed by atoms with Gasteiger partial charge < -0.3 is 24.6 Å². The number of anilines is 2. The van der Waals surface area contributed by atoms with Crippen LogP contribution in [0.3, 0.4) is 0 Å². The summed E-state index contributed by atoms with van der Waals surface area (Å²) in [5, 5.41) is 10.9. The van der Waals surface area contributed by atoms with Gasteiger partial charge in [0.15, 0.2) is 11.6 Å². The number of hydrogen-bond acceptors (Lipinski definition) is 9. The summed E-state index contributed by atoms with van der Waals surface area (Å²) < 4.78 is 57.8. The maximum absolute atomic E-state index is 14.4. The number of carboxylic acids is 1. The zero-order valence-corrected chi connectivity index (χ0v) is 26.2. The van der Waals surface area contributed by atoms with Gasteiger partial charge in [0.05, 0.1) is 69.6 Å². The van der Waals surface area contributed by atoms with Crippen molar-refractivity contribution < 1.29 is 46.9 Å². The molecule has 0 spiro atoms. The first-order valence-corrected chi connectivity index (χ1v) is 16.4. The van der Waals surface area contributed by atoms with Crippen LogP contribution in [0.2, 0.25) is 0 Å². The molecule has 0 aromatic heterocycles. The molecular weight excluding hydrogens is 688 g/mol. The molecule has 2 aromatic rings. The Morgan fingerprint density at radius 1 is 0.925 bits per heavy atom. The van der Waals surface area contributed by atoms with Gasteiger partial charge in [-0.05, 0) is 44.7 Å². The Kier molecular flexibility index (Phi) is 22.8. The molecule has 0 saturated carbocycles.